The van der Waals surface area contributed by atoms with Crippen molar-refractivity contribution in [3.05, 3.63) is 64.7 Å². The van der Waals surface area contributed by atoms with E-state index in [0.717, 1.165) is 22.3 Å². The molecule has 0 aromatic heterocycles. The molecule has 1 aliphatic rings. The molecule has 1 aliphatic heterocycles. The Hall–Kier alpha value is -3.15. The van der Waals surface area contributed by atoms with Gasteiger partial charge < -0.3 is 15.0 Å². The van der Waals surface area contributed by atoms with E-state index in [2.05, 4.69) is 5.32 Å². The molecule has 152 valence electrons. The van der Waals surface area contributed by atoms with E-state index in [-0.39, 0.29) is 18.9 Å². The predicted octanol–water partition coefficient (Wildman–Crippen LogP) is 3.14. The van der Waals surface area contributed by atoms with Crippen LogP contribution in [0.3, 0.4) is 0 Å². The number of carbonyl (C=O) groups is 3. The van der Waals surface area contributed by atoms with E-state index in [1.807, 2.05) is 63.2 Å². The Morgan fingerprint density at radius 3 is 2.48 bits per heavy atom. The maximum absolute atomic E-state index is 12.3. The molecule has 0 bridgehead atoms. The Morgan fingerprint density at radius 1 is 1.07 bits per heavy atom. The second-order valence-electron chi connectivity index (χ2n) is 7.64. The minimum atomic E-state index is -0.540. The number of nitrogens with zero attached hydrogens (tertiary/aromatic N) is 1. The molecule has 2 amide bonds. The molecule has 2 aromatic rings. The van der Waals surface area contributed by atoms with Crippen LogP contribution in [0.4, 0.5) is 5.69 Å². The van der Waals surface area contributed by atoms with Crippen LogP contribution in [0.2, 0.25) is 0 Å². The maximum Gasteiger partial charge on any atom is 0.311 e. The molecular formula is C23H26N2O4. The van der Waals surface area contributed by atoms with Crippen molar-refractivity contribution >= 4 is 23.5 Å². The summed E-state index contributed by atoms with van der Waals surface area (Å²) in [6, 6.07) is 13.7. The van der Waals surface area contributed by atoms with Gasteiger partial charge in [-0.2, -0.15) is 0 Å². The topological polar surface area (TPSA) is 75.7 Å². The second-order valence-corrected chi connectivity index (χ2v) is 7.64. The molecule has 0 spiro atoms. The third kappa shape index (κ3) is 5.44. The van der Waals surface area contributed by atoms with Crippen molar-refractivity contribution in [2.75, 3.05) is 18.5 Å². The maximum atomic E-state index is 12.3. The van der Waals surface area contributed by atoms with Crippen LogP contribution in [0.15, 0.2) is 42.5 Å². The highest BCUT2D eigenvalue weighted by atomic mass is 16.5. The summed E-state index contributed by atoms with van der Waals surface area (Å²) in [5, 5.41) is 2.76. The zero-order valence-electron chi connectivity index (χ0n) is 17.0. The number of carbonyl (C=O) groups excluding carboxylic acids is 3. The van der Waals surface area contributed by atoms with Crippen molar-refractivity contribution < 1.29 is 19.1 Å². The van der Waals surface area contributed by atoms with E-state index >= 15 is 0 Å². The third-order valence-corrected chi connectivity index (χ3v) is 5.05. The molecule has 0 unspecified atom stereocenters. The number of hydrogen-bond acceptors (Lipinski definition) is 4. The van der Waals surface area contributed by atoms with E-state index in [0.29, 0.717) is 18.8 Å². The zero-order chi connectivity index (χ0) is 21.0. The highest BCUT2D eigenvalue weighted by Gasteiger charge is 2.35. The number of esters is 1. The Bertz CT molecular complexity index is 921. The number of anilines is 1. The lowest BCUT2D eigenvalue weighted by Crippen LogP contribution is -2.28. The van der Waals surface area contributed by atoms with Crippen LogP contribution in [-0.4, -0.2) is 35.8 Å². The van der Waals surface area contributed by atoms with E-state index in [1.165, 1.54) is 0 Å². The van der Waals surface area contributed by atoms with Gasteiger partial charge in [0, 0.05) is 25.2 Å². The molecular weight excluding hydrogens is 368 g/mol. The molecule has 0 radical (unpaired) electrons. The first-order valence-electron chi connectivity index (χ1n) is 9.69. The summed E-state index contributed by atoms with van der Waals surface area (Å²) in [6.07, 6.45) is 0.114. The van der Waals surface area contributed by atoms with Crippen molar-refractivity contribution in [2.24, 2.45) is 5.92 Å². The first-order chi connectivity index (χ1) is 13.8. The molecule has 3 rings (SSSR count). The lowest BCUT2D eigenvalue weighted by molar-refractivity contribution is -0.151. The van der Waals surface area contributed by atoms with Crippen LogP contribution < -0.4 is 5.32 Å². The highest BCUT2D eigenvalue weighted by Crippen LogP contribution is 2.22. The molecule has 1 saturated heterocycles. The number of nitrogens with one attached hydrogen (secondary N) is 1. The fraction of sp³-hybridized carbons (Fsp3) is 0.348. The standard InChI is InChI=1S/C23H26N2O4/c1-15-5-8-18(9-6-15)12-25-13-19(11-22(25)27)23(28)29-14-21(26)24-20-10-16(2)4-7-17(20)3/h4-10,19H,11-14H2,1-3H3,(H,24,26)/t19-/m1/s1. The Morgan fingerprint density at radius 2 is 1.76 bits per heavy atom. The number of ether oxygens (including phenoxy) is 1. The van der Waals surface area contributed by atoms with Gasteiger partial charge in [0.15, 0.2) is 6.61 Å². The van der Waals surface area contributed by atoms with Crippen molar-refractivity contribution in [1.29, 1.82) is 0 Å². The van der Waals surface area contributed by atoms with Gasteiger partial charge in [-0.15, -0.1) is 0 Å². The smallest absolute Gasteiger partial charge is 0.311 e. The molecule has 0 saturated carbocycles. The van der Waals surface area contributed by atoms with Crippen LogP contribution >= 0.6 is 0 Å². The number of hydrogen-bond donors (Lipinski definition) is 1. The summed E-state index contributed by atoms with van der Waals surface area (Å²) in [5.74, 6) is -1.53. The fourth-order valence-corrected chi connectivity index (χ4v) is 3.31. The average Bonchev–Trinajstić information content (AvgIpc) is 3.05. The van der Waals surface area contributed by atoms with Gasteiger partial charge in [0.2, 0.25) is 5.91 Å². The molecule has 1 atom stereocenters. The van der Waals surface area contributed by atoms with Gasteiger partial charge in [-0.3, -0.25) is 14.4 Å². The van der Waals surface area contributed by atoms with Crippen molar-refractivity contribution in [1.82, 2.24) is 4.90 Å². The lowest BCUT2D eigenvalue weighted by atomic mass is 10.1. The number of benzene rings is 2. The van der Waals surface area contributed by atoms with Gasteiger partial charge >= 0.3 is 5.97 Å². The average molecular weight is 394 g/mol. The van der Waals surface area contributed by atoms with Gasteiger partial charge in [-0.25, -0.2) is 0 Å². The molecule has 2 aromatic carbocycles. The Kier molecular flexibility index (Phi) is 6.32. The number of amides is 2. The van der Waals surface area contributed by atoms with Gasteiger partial charge in [-0.1, -0.05) is 42.0 Å². The number of likely N-dealkylation sites (tertiary alicyclic amines) is 1. The van der Waals surface area contributed by atoms with Crippen LogP contribution in [0.5, 0.6) is 0 Å². The molecule has 1 N–H and O–H groups in total. The molecule has 29 heavy (non-hydrogen) atoms. The summed E-state index contributed by atoms with van der Waals surface area (Å²) in [7, 11) is 0. The van der Waals surface area contributed by atoms with Crippen molar-refractivity contribution in [3.8, 4) is 0 Å². The Labute approximate surface area is 170 Å². The first kappa shape index (κ1) is 20.6. The highest BCUT2D eigenvalue weighted by molar-refractivity contribution is 5.94. The normalized spacial score (nSPS) is 16.0. The third-order valence-electron chi connectivity index (χ3n) is 5.05. The van der Waals surface area contributed by atoms with E-state index in [4.69, 9.17) is 4.74 Å². The van der Waals surface area contributed by atoms with E-state index < -0.39 is 17.8 Å². The van der Waals surface area contributed by atoms with Crippen LogP contribution in [0, 0.1) is 26.7 Å². The molecule has 1 fully saturated rings. The largest absolute Gasteiger partial charge is 0.455 e. The van der Waals surface area contributed by atoms with Crippen molar-refractivity contribution in [3.63, 3.8) is 0 Å². The predicted molar refractivity (Wildman–Crippen MR) is 110 cm³/mol. The second kappa shape index (κ2) is 8.90. The lowest BCUT2D eigenvalue weighted by Gasteiger charge is -2.16. The molecule has 6 heteroatoms. The first-order valence-corrected chi connectivity index (χ1v) is 9.69. The summed E-state index contributed by atoms with van der Waals surface area (Å²) >= 11 is 0. The summed E-state index contributed by atoms with van der Waals surface area (Å²) < 4.78 is 5.16. The zero-order valence-corrected chi connectivity index (χ0v) is 17.0. The van der Waals surface area contributed by atoms with Crippen LogP contribution in [0.1, 0.15) is 28.7 Å². The van der Waals surface area contributed by atoms with Gasteiger partial charge in [-0.05, 0) is 43.5 Å². The number of aryl methyl sites for hydroxylation is 3. The molecule has 1 heterocycles. The van der Waals surface area contributed by atoms with Crippen LogP contribution in [0.25, 0.3) is 0 Å². The number of rotatable bonds is 6. The fourth-order valence-electron chi connectivity index (χ4n) is 3.31. The molecule has 6 nitrogen and oxygen atoms in total. The van der Waals surface area contributed by atoms with Crippen LogP contribution in [-0.2, 0) is 25.7 Å². The van der Waals surface area contributed by atoms with E-state index in [1.54, 1.807) is 4.90 Å². The Balaban J connectivity index is 1.49. The van der Waals surface area contributed by atoms with Gasteiger partial charge in [0.1, 0.15) is 0 Å². The van der Waals surface area contributed by atoms with E-state index in [9.17, 15) is 14.4 Å². The summed E-state index contributed by atoms with van der Waals surface area (Å²) in [6.45, 7) is 6.25. The summed E-state index contributed by atoms with van der Waals surface area (Å²) in [4.78, 5) is 38.4. The summed E-state index contributed by atoms with van der Waals surface area (Å²) in [5.41, 5.74) is 4.84. The monoisotopic (exact) mass is 394 g/mol. The minimum absolute atomic E-state index is 0.0765. The molecule has 0 aliphatic carbocycles. The van der Waals surface area contributed by atoms with Gasteiger partial charge in [0.25, 0.3) is 5.91 Å². The van der Waals surface area contributed by atoms with Crippen molar-refractivity contribution in [2.45, 2.75) is 33.7 Å². The SMILES string of the molecule is Cc1ccc(CN2C[C@H](C(=O)OCC(=O)Nc3cc(C)ccc3C)CC2=O)cc1. The van der Waals surface area contributed by atoms with Gasteiger partial charge in [0.05, 0.1) is 5.92 Å². The quantitative estimate of drug-likeness (QED) is 0.764. The minimum Gasteiger partial charge on any atom is -0.455 e.